The molecule has 7 nitrogen and oxygen atoms in total. The third-order valence-electron chi connectivity index (χ3n) is 2.98. The van der Waals surface area contributed by atoms with E-state index in [-0.39, 0.29) is 12.2 Å². The second-order valence-corrected chi connectivity index (χ2v) is 5.52. The highest BCUT2D eigenvalue weighted by Crippen LogP contribution is 2.11. The number of carbonyl (C=O) groups is 1. The van der Waals surface area contributed by atoms with Crippen LogP contribution in [0.1, 0.15) is 40.0 Å². The Kier molecular flexibility index (Phi) is 8.82. The summed E-state index contributed by atoms with van der Waals surface area (Å²) in [7, 11) is 0. The summed E-state index contributed by atoms with van der Waals surface area (Å²) in [6, 6.07) is 0. The zero-order chi connectivity index (χ0) is 15.7. The lowest BCUT2D eigenvalue weighted by molar-refractivity contribution is 0.117. The molecule has 0 aromatic rings. The Hall–Kier alpha value is -0.700. The largest absolute Gasteiger partial charge is 0.508 e. The molecule has 0 radical (unpaired) electrons. The second-order valence-electron chi connectivity index (χ2n) is 4.69. The van der Waals surface area contributed by atoms with Gasteiger partial charge in [0, 0.05) is 0 Å². The predicted octanol–water partition coefficient (Wildman–Crippen LogP) is 2.12. The van der Waals surface area contributed by atoms with E-state index in [0.717, 1.165) is 19.4 Å². The van der Waals surface area contributed by atoms with Crippen molar-refractivity contribution in [1.82, 2.24) is 0 Å². The van der Waals surface area contributed by atoms with E-state index in [2.05, 4.69) is 20.6 Å². The first-order valence-corrected chi connectivity index (χ1v) is 8.26. The van der Waals surface area contributed by atoms with Crippen molar-refractivity contribution in [3.05, 3.63) is 0 Å². The predicted molar refractivity (Wildman–Crippen MR) is 75.8 cm³/mol. The van der Waals surface area contributed by atoms with E-state index >= 15 is 0 Å². The standard InChI is InChI=1S/C5H8O3.C4H8O3S.C4H8O/c1-2-4-3-7-5(6)8-4;1-2-4-3-6-8(5)7-4;1-2-4-3-5-4/h2*4H,2-3H2,1H3;4H,2-3H2,1H3. The lowest BCUT2D eigenvalue weighted by atomic mass is 10.3. The fraction of sp³-hybridized carbons (Fsp3) is 0.923. The molecule has 124 valence electrons. The molecule has 0 saturated carbocycles. The average molecular weight is 324 g/mol. The maximum Gasteiger partial charge on any atom is 0.508 e. The molecule has 0 N–H and O–H groups in total. The molecule has 3 aliphatic heterocycles. The molecule has 0 bridgehead atoms. The van der Waals surface area contributed by atoms with Crippen molar-refractivity contribution < 1.29 is 31.6 Å². The monoisotopic (exact) mass is 324 g/mol. The van der Waals surface area contributed by atoms with E-state index in [1.165, 1.54) is 6.42 Å². The van der Waals surface area contributed by atoms with Gasteiger partial charge in [-0.1, -0.05) is 20.8 Å². The van der Waals surface area contributed by atoms with Gasteiger partial charge < -0.3 is 14.2 Å². The Balaban J connectivity index is 0.000000162. The van der Waals surface area contributed by atoms with Crippen molar-refractivity contribution in [2.45, 2.75) is 58.3 Å². The maximum absolute atomic E-state index is 10.3. The Morgan fingerprint density at radius 3 is 1.81 bits per heavy atom. The molecule has 0 aromatic heterocycles. The van der Waals surface area contributed by atoms with Crippen molar-refractivity contribution in [2.75, 3.05) is 19.8 Å². The Bertz CT molecular complexity index is 306. The van der Waals surface area contributed by atoms with E-state index in [0.29, 0.717) is 19.3 Å². The van der Waals surface area contributed by atoms with E-state index < -0.39 is 17.5 Å². The highest BCUT2D eigenvalue weighted by molar-refractivity contribution is 7.75. The number of hydrogen-bond acceptors (Lipinski definition) is 7. The zero-order valence-corrected chi connectivity index (χ0v) is 13.6. The van der Waals surface area contributed by atoms with Gasteiger partial charge in [0.1, 0.15) is 18.8 Å². The van der Waals surface area contributed by atoms with E-state index in [1.54, 1.807) is 0 Å². The molecule has 3 aliphatic rings. The van der Waals surface area contributed by atoms with Gasteiger partial charge in [0.2, 0.25) is 0 Å². The number of epoxide rings is 1. The molecule has 0 aromatic carbocycles. The van der Waals surface area contributed by atoms with E-state index in [1.807, 2.05) is 13.8 Å². The van der Waals surface area contributed by atoms with Gasteiger partial charge in [0.25, 0.3) is 0 Å². The summed E-state index contributed by atoms with van der Waals surface area (Å²) in [4.78, 5) is 10.2. The molecule has 4 atom stereocenters. The molecule has 3 rings (SSSR count). The van der Waals surface area contributed by atoms with Crippen LogP contribution in [0.15, 0.2) is 0 Å². The molecule has 4 unspecified atom stereocenters. The first kappa shape index (κ1) is 18.3. The van der Waals surface area contributed by atoms with Gasteiger partial charge in [-0.05, 0) is 19.3 Å². The summed E-state index contributed by atoms with van der Waals surface area (Å²) in [6.45, 7) is 7.97. The summed E-state index contributed by atoms with van der Waals surface area (Å²) in [5.41, 5.74) is 0. The molecule has 3 saturated heterocycles. The molecule has 3 heterocycles. The number of carbonyl (C=O) groups excluding carboxylic acids is 1. The number of hydrogen-bond donors (Lipinski definition) is 0. The van der Waals surface area contributed by atoms with Crippen LogP contribution in [0.2, 0.25) is 0 Å². The first-order chi connectivity index (χ1) is 10.1. The Morgan fingerprint density at radius 1 is 1.00 bits per heavy atom. The summed E-state index contributed by atoms with van der Waals surface area (Å²) >= 11 is -1.45. The summed E-state index contributed by atoms with van der Waals surface area (Å²) in [5, 5.41) is 0. The molecule has 8 heteroatoms. The van der Waals surface area contributed by atoms with Crippen LogP contribution in [-0.4, -0.2) is 48.5 Å². The van der Waals surface area contributed by atoms with Gasteiger partial charge in [-0.2, -0.15) is 4.21 Å². The van der Waals surface area contributed by atoms with E-state index in [4.69, 9.17) is 8.92 Å². The minimum atomic E-state index is -1.45. The van der Waals surface area contributed by atoms with Crippen LogP contribution < -0.4 is 0 Å². The third kappa shape index (κ3) is 8.35. The van der Waals surface area contributed by atoms with Gasteiger partial charge in [-0.15, -0.1) is 0 Å². The maximum atomic E-state index is 10.3. The van der Waals surface area contributed by atoms with Crippen LogP contribution in [0.3, 0.4) is 0 Å². The molecule has 0 aliphatic carbocycles. The second kappa shape index (κ2) is 10.1. The lowest BCUT2D eigenvalue weighted by Crippen LogP contribution is -2.06. The lowest BCUT2D eigenvalue weighted by Gasteiger charge is -1.97. The van der Waals surface area contributed by atoms with E-state index in [9.17, 15) is 9.00 Å². The van der Waals surface area contributed by atoms with Crippen molar-refractivity contribution in [2.24, 2.45) is 0 Å². The normalized spacial score (nSPS) is 33.0. The van der Waals surface area contributed by atoms with Crippen LogP contribution in [0.5, 0.6) is 0 Å². The van der Waals surface area contributed by atoms with Crippen LogP contribution in [0.4, 0.5) is 4.79 Å². The fourth-order valence-electron chi connectivity index (χ4n) is 1.35. The molecule has 21 heavy (non-hydrogen) atoms. The Morgan fingerprint density at radius 2 is 1.62 bits per heavy atom. The van der Waals surface area contributed by atoms with Crippen LogP contribution in [0, 0.1) is 0 Å². The Labute approximate surface area is 128 Å². The summed E-state index contributed by atoms with van der Waals surface area (Å²) < 4.78 is 33.6. The number of ether oxygens (including phenoxy) is 3. The smallest absolute Gasteiger partial charge is 0.430 e. The highest BCUT2D eigenvalue weighted by Gasteiger charge is 2.22. The first-order valence-electron chi connectivity index (χ1n) is 7.26. The van der Waals surface area contributed by atoms with Crippen molar-refractivity contribution in [1.29, 1.82) is 0 Å². The fourth-order valence-corrected chi connectivity index (χ4v) is 2.09. The van der Waals surface area contributed by atoms with Gasteiger partial charge in [-0.3, -0.25) is 8.37 Å². The molecule has 0 spiro atoms. The third-order valence-corrected chi connectivity index (χ3v) is 3.74. The molecule has 0 amide bonds. The van der Waals surface area contributed by atoms with Gasteiger partial charge >= 0.3 is 17.5 Å². The molecule has 3 fully saturated rings. The van der Waals surface area contributed by atoms with Crippen molar-refractivity contribution in [3.63, 3.8) is 0 Å². The average Bonchev–Trinajstić information content (AvgIpc) is 3.11. The number of cyclic esters (lactones) is 2. The van der Waals surface area contributed by atoms with Gasteiger partial charge in [-0.25, -0.2) is 4.79 Å². The van der Waals surface area contributed by atoms with Crippen LogP contribution in [-0.2, 0) is 33.9 Å². The molecular weight excluding hydrogens is 300 g/mol. The highest BCUT2D eigenvalue weighted by atomic mass is 32.2. The topological polar surface area (TPSA) is 83.6 Å². The molecular formula is C13H24O7S. The zero-order valence-electron chi connectivity index (χ0n) is 12.7. The van der Waals surface area contributed by atoms with Gasteiger partial charge in [0.15, 0.2) is 0 Å². The summed E-state index contributed by atoms with van der Waals surface area (Å²) in [6.07, 6.45) is 3.06. The minimum absolute atomic E-state index is 0.00231. The number of rotatable bonds is 3. The SMILES string of the molecule is CCC1CO1.CCC1COC(=O)O1.CCC1COS(=O)O1. The van der Waals surface area contributed by atoms with Crippen LogP contribution >= 0.6 is 0 Å². The summed E-state index contributed by atoms with van der Waals surface area (Å²) in [5.74, 6) is 0. The van der Waals surface area contributed by atoms with Crippen molar-refractivity contribution >= 4 is 17.5 Å². The van der Waals surface area contributed by atoms with Gasteiger partial charge in [0.05, 0.1) is 19.3 Å². The minimum Gasteiger partial charge on any atom is -0.430 e. The quantitative estimate of drug-likeness (QED) is 0.580. The van der Waals surface area contributed by atoms with Crippen LogP contribution in [0.25, 0.3) is 0 Å². The van der Waals surface area contributed by atoms with Crippen molar-refractivity contribution in [3.8, 4) is 0 Å².